The standard InChI is InChI=1S/C21H16N4O5S/c1-31(27,28)16-4-2-3-14(11-16)24-10-8-18(26)21(23-24)17-7-9-22-25(17)15-5-6-19-20(12-15)30-13-29-19/h2-12H,13H2,1H3. The topological polar surface area (TPSA) is 105 Å². The van der Waals surface area contributed by atoms with Gasteiger partial charge in [0.05, 0.1) is 28.2 Å². The Hall–Kier alpha value is -3.92. The first-order chi connectivity index (χ1) is 14.9. The molecule has 0 unspecified atom stereocenters. The number of benzene rings is 2. The molecule has 3 heterocycles. The Balaban J connectivity index is 1.61. The van der Waals surface area contributed by atoms with E-state index in [1.165, 1.54) is 29.1 Å². The number of sulfone groups is 1. The molecule has 9 nitrogen and oxygen atoms in total. The number of hydrogen-bond acceptors (Lipinski definition) is 7. The van der Waals surface area contributed by atoms with E-state index in [2.05, 4.69) is 10.2 Å². The summed E-state index contributed by atoms with van der Waals surface area (Å²) in [4.78, 5) is 12.8. The van der Waals surface area contributed by atoms with Gasteiger partial charge >= 0.3 is 0 Å². The Morgan fingerprint density at radius 1 is 0.968 bits per heavy atom. The van der Waals surface area contributed by atoms with Crippen molar-refractivity contribution < 1.29 is 17.9 Å². The van der Waals surface area contributed by atoms with E-state index in [-0.39, 0.29) is 22.8 Å². The van der Waals surface area contributed by atoms with Gasteiger partial charge in [-0.25, -0.2) is 17.8 Å². The number of hydrogen-bond donors (Lipinski definition) is 0. The fraction of sp³-hybridized carbons (Fsp3) is 0.0952. The second kappa shape index (κ2) is 7.10. The lowest BCUT2D eigenvalue weighted by atomic mass is 10.2. The Bertz CT molecular complexity index is 1470. The molecule has 0 radical (unpaired) electrons. The highest BCUT2D eigenvalue weighted by Gasteiger charge is 2.18. The molecule has 156 valence electrons. The molecule has 1 aliphatic rings. The third kappa shape index (κ3) is 3.46. The first-order valence-electron chi connectivity index (χ1n) is 9.25. The molecule has 0 spiro atoms. The van der Waals surface area contributed by atoms with Gasteiger partial charge in [-0.05, 0) is 36.4 Å². The molecule has 0 fully saturated rings. The summed E-state index contributed by atoms with van der Waals surface area (Å²) in [5.74, 6) is 1.23. The molecule has 0 atom stereocenters. The SMILES string of the molecule is CS(=O)(=O)c1cccc(-n2ccc(=O)c(-c3ccnn3-c3ccc4c(c3)OCO4)n2)c1. The Morgan fingerprint density at radius 2 is 1.81 bits per heavy atom. The zero-order valence-electron chi connectivity index (χ0n) is 16.3. The van der Waals surface area contributed by atoms with Gasteiger partial charge in [0.1, 0.15) is 0 Å². The van der Waals surface area contributed by atoms with Crippen LogP contribution in [0.15, 0.2) is 76.7 Å². The molecule has 1 aliphatic heterocycles. The van der Waals surface area contributed by atoms with Gasteiger partial charge in [-0.3, -0.25) is 4.79 Å². The van der Waals surface area contributed by atoms with Gasteiger partial charge < -0.3 is 9.47 Å². The lowest BCUT2D eigenvalue weighted by Gasteiger charge is -2.11. The van der Waals surface area contributed by atoms with Gasteiger partial charge in [-0.15, -0.1) is 0 Å². The predicted molar refractivity (Wildman–Crippen MR) is 112 cm³/mol. The maximum absolute atomic E-state index is 12.6. The first-order valence-corrected chi connectivity index (χ1v) is 11.1. The van der Waals surface area contributed by atoms with Gasteiger partial charge in [0.2, 0.25) is 12.2 Å². The van der Waals surface area contributed by atoms with Gasteiger partial charge in [0.15, 0.2) is 27.0 Å². The Labute approximate surface area is 177 Å². The highest BCUT2D eigenvalue weighted by molar-refractivity contribution is 7.90. The Morgan fingerprint density at radius 3 is 2.65 bits per heavy atom. The molecule has 0 bridgehead atoms. The lowest BCUT2D eigenvalue weighted by Crippen LogP contribution is -2.15. The molecular formula is C21H16N4O5S. The van der Waals surface area contributed by atoms with Gasteiger partial charge in [-0.2, -0.15) is 10.2 Å². The van der Waals surface area contributed by atoms with Crippen molar-refractivity contribution in [3.8, 4) is 34.3 Å². The van der Waals surface area contributed by atoms with Crippen LogP contribution in [0, 0.1) is 0 Å². The van der Waals surface area contributed by atoms with Crippen molar-refractivity contribution in [2.24, 2.45) is 0 Å². The number of nitrogens with zero attached hydrogens (tertiary/aromatic N) is 4. The van der Waals surface area contributed by atoms with Crippen LogP contribution in [-0.2, 0) is 9.84 Å². The average Bonchev–Trinajstić information content (AvgIpc) is 3.42. The molecular weight excluding hydrogens is 420 g/mol. The minimum Gasteiger partial charge on any atom is -0.454 e. The van der Waals surface area contributed by atoms with Crippen LogP contribution in [0.1, 0.15) is 0 Å². The van der Waals surface area contributed by atoms with Crippen molar-refractivity contribution in [2.75, 3.05) is 13.0 Å². The largest absolute Gasteiger partial charge is 0.454 e. The highest BCUT2D eigenvalue weighted by atomic mass is 32.2. The van der Waals surface area contributed by atoms with Gasteiger partial charge in [-0.1, -0.05) is 6.07 Å². The molecule has 5 rings (SSSR count). The summed E-state index contributed by atoms with van der Waals surface area (Å²) < 4.78 is 37.6. The molecule has 0 amide bonds. The molecule has 0 saturated carbocycles. The smallest absolute Gasteiger partial charge is 0.231 e. The van der Waals surface area contributed by atoms with Crippen molar-refractivity contribution in [3.63, 3.8) is 0 Å². The van der Waals surface area contributed by atoms with Crippen LogP contribution in [0.3, 0.4) is 0 Å². The van der Waals surface area contributed by atoms with Crippen LogP contribution >= 0.6 is 0 Å². The second-order valence-electron chi connectivity index (χ2n) is 6.91. The van der Waals surface area contributed by atoms with E-state index in [1.54, 1.807) is 47.3 Å². The summed E-state index contributed by atoms with van der Waals surface area (Å²) in [5, 5.41) is 8.79. The first kappa shape index (κ1) is 19.1. The highest BCUT2D eigenvalue weighted by Crippen LogP contribution is 2.34. The zero-order chi connectivity index (χ0) is 21.6. The van der Waals surface area contributed by atoms with Crippen LogP contribution in [0.4, 0.5) is 0 Å². The van der Waals surface area contributed by atoms with Crippen LogP contribution in [-0.4, -0.2) is 41.0 Å². The Kier molecular flexibility index (Phi) is 4.36. The number of aromatic nitrogens is 4. The molecule has 0 saturated heterocycles. The molecule has 0 N–H and O–H groups in total. The summed E-state index contributed by atoms with van der Waals surface area (Å²) >= 11 is 0. The molecule has 2 aromatic heterocycles. The van der Waals surface area contributed by atoms with Gasteiger partial charge in [0, 0.05) is 24.6 Å². The number of fused-ring (bicyclic) bond motifs is 1. The summed E-state index contributed by atoms with van der Waals surface area (Å²) in [5.41, 5.74) is 1.55. The van der Waals surface area contributed by atoms with Crippen LogP contribution in [0.5, 0.6) is 11.5 Å². The minimum absolute atomic E-state index is 0.155. The van der Waals surface area contributed by atoms with Crippen molar-refractivity contribution in [1.82, 2.24) is 19.6 Å². The summed E-state index contributed by atoms with van der Waals surface area (Å²) in [7, 11) is -3.38. The predicted octanol–water partition coefficient (Wildman–Crippen LogP) is 2.22. The summed E-state index contributed by atoms with van der Waals surface area (Å²) in [6, 6.07) is 14.8. The van der Waals surface area contributed by atoms with E-state index < -0.39 is 9.84 Å². The van der Waals surface area contributed by atoms with Crippen molar-refractivity contribution in [1.29, 1.82) is 0 Å². The van der Waals surface area contributed by atoms with Gasteiger partial charge in [0.25, 0.3) is 0 Å². The van der Waals surface area contributed by atoms with Crippen molar-refractivity contribution in [3.05, 3.63) is 77.2 Å². The number of ether oxygens (including phenoxy) is 2. The van der Waals surface area contributed by atoms with Crippen LogP contribution in [0.2, 0.25) is 0 Å². The number of rotatable bonds is 4. The second-order valence-corrected chi connectivity index (χ2v) is 8.92. The fourth-order valence-electron chi connectivity index (χ4n) is 3.29. The lowest BCUT2D eigenvalue weighted by molar-refractivity contribution is 0.174. The normalized spacial score (nSPS) is 12.8. The zero-order valence-corrected chi connectivity index (χ0v) is 17.1. The third-order valence-electron chi connectivity index (χ3n) is 4.80. The van der Waals surface area contributed by atoms with Crippen LogP contribution < -0.4 is 14.9 Å². The van der Waals surface area contributed by atoms with E-state index in [4.69, 9.17) is 9.47 Å². The van der Waals surface area contributed by atoms with E-state index >= 15 is 0 Å². The summed E-state index contributed by atoms with van der Waals surface area (Å²) in [6.07, 6.45) is 4.21. The fourth-order valence-corrected chi connectivity index (χ4v) is 3.95. The average molecular weight is 436 g/mol. The van der Waals surface area contributed by atoms with Crippen LogP contribution in [0.25, 0.3) is 22.8 Å². The molecule has 4 aromatic rings. The van der Waals surface area contributed by atoms with E-state index in [0.717, 1.165) is 6.26 Å². The van der Waals surface area contributed by atoms with Crippen molar-refractivity contribution in [2.45, 2.75) is 4.90 Å². The maximum Gasteiger partial charge on any atom is 0.231 e. The molecule has 10 heteroatoms. The maximum atomic E-state index is 12.6. The van der Waals surface area contributed by atoms with Crippen molar-refractivity contribution >= 4 is 9.84 Å². The molecule has 31 heavy (non-hydrogen) atoms. The minimum atomic E-state index is -3.38. The summed E-state index contributed by atoms with van der Waals surface area (Å²) in [6.45, 7) is 0.155. The van der Waals surface area contributed by atoms with E-state index in [1.807, 2.05) is 0 Å². The quantitative estimate of drug-likeness (QED) is 0.483. The molecule has 2 aromatic carbocycles. The third-order valence-corrected chi connectivity index (χ3v) is 5.91. The van der Waals surface area contributed by atoms with E-state index in [9.17, 15) is 13.2 Å². The molecule has 0 aliphatic carbocycles. The monoisotopic (exact) mass is 436 g/mol. The van der Waals surface area contributed by atoms with E-state index in [0.29, 0.717) is 28.6 Å².